The fraction of sp³-hybridized carbons (Fsp3) is 0.455. The van der Waals surface area contributed by atoms with Gasteiger partial charge in [0.25, 0.3) is 0 Å². The molecule has 0 radical (unpaired) electrons. The summed E-state index contributed by atoms with van der Waals surface area (Å²) in [6, 6.07) is 1.96. The summed E-state index contributed by atoms with van der Waals surface area (Å²) in [6.07, 6.45) is 3.70. The molecular formula is C11H15N3O. The number of aromatic nitrogens is 1. The van der Waals surface area contributed by atoms with Crippen LogP contribution in [-0.4, -0.2) is 35.5 Å². The van der Waals surface area contributed by atoms with Crippen molar-refractivity contribution in [3.05, 3.63) is 24.0 Å². The number of likely N-dealkylation sites (N-methyl/N-ethyl adjacent to an activating group) is 1. The van der Waals surface area contributed by atoms with Crippen molar-refractivity contribution in [2.75, 3.05) is 18.5 Å². The second-order valence-electron chi connectivity index (χ2n) is 3.93. The lowest BCUT2D eigenvalue weighted by Gasteiger charge is -2.26. The molecular weight excluding hydrogens is 190 g/mol. The highest BCUT2D eigenvalue weighted by molar-refractivity contribution is 5.85. The first kappa shape index (κ1) is 9.96. The number of hydrogen-bond donors (Lipinski definition) is 0. The minimum absolute atomic E-state index is 0.111. The van der Waals surface area contributed by atoms with E-state index in [9.17, 15) is 4.79 Å². The van der Waals surface area contributed by atoms with Crippen LogP contribution in [0.4, 0.5) is 5.69 Å². The summed E-state index contributed by atoms with van der Waals surface area (Å²) in [7, 11) is 1.83. The van der Waals surface area contributed by atoms with Gasteiger partial charge in [-0.25, -0.2) is 0 Å². The molecule has 1 unspecified atom stereocenters. The molecule has 0 spiro atoms. The molecule has 0 aromatic carbocycles. The number of aryl methyl sites for hydroxylation is 1. The Morgan fingerprint density at radius 1 is 1.53 bits per heavy atom. The Bertz CT molecular complexity index is 391. The van der Waals surface area contributed by atoms with Crippen LogP contribution in [0.15, 0.2) is 18.5 Å². The summed E-state index contributed by atoms with van der Waals surface area (Å²) in [6.45, 7) is 4.51. The summed E-state index contributed by atoms with van der Waals surface area (Å²) < 4.78 is 0. The number of carbonyl (C=O) groups is 1. The lowest BCUT2D eigenvalue weighted by Crippen LogP contribution is -2.34. The van der Waals surface area contributed by atoms with E-state index in [4.69, 9.17) is 0 Å². The molecule has 0 saturated carbocycles. The molecule has 1 aliphatic heterocycles. The van der Waals surface area contributed by atoms with Crippen LogP contribution in [0.1, 0.15) is 12.5 Å². The molecule has 2 heterocycles. The Kier molecular flexibility index (Phi) is 2.34. The minimum Gasteiger partial charge on any atom is -0.341 e. The smallest absolute Gasteiger partial charge is 0.243 e. The van der Waals surface area contributed by atoms with Crippen molar-refractivity contribution in [2.45, 2.75) is 20.0 Å². The number of hydrogen-bond acceptors (Lipinski definition) is 3. The Morgan fingerprint density at radius 2 is 2.27 bits per heavy atom. The predicted octanol–water partition coefficient (Wildman–Crippen LogP) is 1.01. The molecule has 1 fully saturated rings. The molecule has 0 N–H and O–H groups in total. The number of rotatable bonds is 1. The minimum atomic E-state index is 0.111. The Hall–Kier alpha value is -1.58. The van der Waals surface area contributed by atoms with Crippen molar-refractivity contribution in [1.29, 1.82) is 0 Å². The molecule has 1 aromatic rings. The summed E-state index contributed by atoms with van der Waals surface area (Å²) in [5, 5.41) is 0. The first-order chi connectivity index (χ1) is 7.11. The summed E-state index contributed by atoms with van der Waals surface area (Å²) >= 11 is 0. The van der Waals surface area contributed by atoms with Gasteiger partial charge in [-0.1, -0.05) is 0 Å². The van der Waals surface area contributed by atoms with Gasteiger partial charge < -0.3 is 9.80 Å². The lowest BCUT2D eigenvalue weighted by atomic mass is 10.2. The fourth-order valence-corrected chi connectivity index (χ4v) is 1.85. The van der Waals surface area contributed by atoms with E-state index in [2.05, 4.69) is 9.88 Å². The van der Waals surface area contributed by atoms with Crippen LogP contribution in [0.2, 0.25) is 0 Å². The molecule has 15 heavy (non-hydrogen) atoms. The zero-order valence-corrected chi connectivity index (χ0v) is 9.27. The number of carbonyl (C=O) groups excluding carboxylic acids is 1. The third kappa shape index (κ3) is 1.56. The van der Waals surface area contributed by atoms with Gasteiger partial charge in [0.05, 0.1) is 18.4 Å². The number of anilines is 1. The third-order valence-corrected chi connectivity index (χ3v) is 3.03. The SMILES string of the molecule is Cc1ccncc1N1CC(=O)N(C)C1C. The molecule has 4 heteroatoms. The van der Waals surface area contributed by atoms with Gasteiger partial charge in [0, 0.05) is 13.2 Å². The van der Waals surface area contributed by atoms with Gasteiger partial charge in [-0.05, 0) is 25.5 Å². The van der Waals surface area contributed by atoms with E-state index >= 15 is 0 Å². The monoisotopic (exact) mass is 205 g/mol. The Morgan fingerprint density at radius 3 is 2.80 bits per heavy atom. The molecule has 1 atom stereocenters. The van der Waals surface area contributed by atoms with Crippen LogP contribution >= 0.6 is 0 Å². The Labute approximate surface area is 89.5 Å². The van der Waals surface area contributed by atoms with Crippen LogP contribution in [0.5, 0.6) is 0 Å². The molecule has 4 nitrogen and oxygen atoms in total. The summed E-state index contributed by atoms with van der Waals surface area (Å²) in [5.41, 5.74) is 2.20. The summed E-state index contributed by atoms with van der Waals surface area (Å²) in [5.74, 6) is 0.158. The average molecular weight is 205 g/mol. The van der Waals surface area contributed by atoms with Gasteiger partial charge in [0.15, 0.2) is 0 Å². The topological polar surface area (TPSA) is 36.4 Å². The maximum Gasteiger partial charge on any atom is 0.243 e. The molecule has 0 bridgehead atoms. The van der Waals surface area contributed by atoms with Crippen molar-refractivity contribution >= 4 is 11.6 Å². The number of pyridine rings is 1. The fourth-order valence-electron chi connectivity index (χ4n) is 1.85. The van der Waals surface area contributed by atoms with Gasteiger partial charge in [-0.2, -0.15) is 0 Å². The van der Waals surface area contributed by atoms with Crippen LogP contribution < -0.4 is 4.90 Å². The van der Waals surface area contributed by atoms with Crippen LogP contribution in [0.3, 0.4) is 0 Å². The maximum absolute atomic E-state index is 11.5. The van der Waals surface area contributed by atoms with E-state index in [0.29, 0.717) is 6.54 Å². The molecule has 80 valence electrons. The highest BCUT2D eigenvalue weighted by atomic mass is 16.2. The molecule has 1 amide bonds. The standard InChI is InChI=1S/C11H15N3O/c1-8-4-5-12-6-10(8)14-7-11(15)13(3)9(14)2/h4-6,9H,7H2,1-3H3. The maximum atomic E-state index is 11.5. The predicted molar refractivity (Wildman–Crippen MR) is 58.6 cm³/mol. The summed E-state index contributed by atoms with van der Waals surface area (Å²) in [4.78, 5) is 19.5. The highest BCUT2D eigenvalue weighted by Crippen LogP contribution is 2.25. The van der Waals surface area contributed by atoms with Crippen molar-refractivity contribution < 1.29 is 4.79 Å². The third-order valence-electron chi connectivity index (χ3n) is 3.03. The number of nitrogens with zero attached hydrogens (tertiary/aromatic N) is 3. The van der Waals surface area contributed by atoms with E-state index in [1.807, 2.05) is 33.2 Å². The van der Waals surface area contributed by atoms with E-state index in [1.165, 1.54) is 0 Å². The zero-order valence-electron chi connectivity index (χ0n) is 9.27. The first-order valence-corrected chi connectivity index (χ1v) is 5.04. The largest absolute Gasteiger partial charge is 0.341 e. The van der Waals surface area contributed by atoms with E-state index in [-0.39, 0.29) is 12.1 Å². The second-order valence-corrected chi connectivity index (χ2v) is 3.93. The Balaban J connectivity index is 2.34. The van der Waals surface area contributed by atoms with Gasteiger partial charge >= 0.3 is 0 Å². The second kappa shape index (κ2) is 3.53. The van der Waals surface area contributed by atoms with E-state index in [0.717, 1.165) is 11.3 Å². The molecule has 1 aliphatic rings. The number of amides is 1. The van der Waals surface area contributed by atoms with Crippen LogP contribution in [0, 0.1) is 6.92 Å². The van der Waals surface area contributed by atoms with Gasteiger partial charge in [-0.3, -0.25) is 9.78 Å². The highest BCUT2D eigenvalue weighted by Gasteiger charge is 2.32. The van der Waals surface area contributed by atoms with Crippen LogP contribution in [-0.2, 0) is 4.79 Å². The van der Waals surface area contributed by atoms with Crippen molar-refractivity contribution in [1.82, 2.24) is 9.88 Å². The van der Waals surface area contributed by atoms with Crippen molar-refractivity contribution in [2.24, 2.45) is 0 Å². The molecule has 1 aromatic heterocycles. The van der Waals surface area contributed by atoms with E-state index in [1.54, 1.807) is 11.1 Å². The first-order valence-electron chi connectivity index (χ1n) is 5.04. The average Bonchev–Trinajstić information content (AvgIpc) is 2.47. The van der Waals surface area contributed by atoms with E-state index < -0.39 is 0 Å². The normalized spacial score (nSPS) is 21.3. The van der Waals surface area contributed by atoms with Gasteiger partial charge in [0.1, 0.15) is 6.17 Å². The lowest BCUT2D eigenvalue weighted by molar-refractivity contribution is -0.126. The molecule has 0 aliphatic carbocycles. The van der Waals surface area contributed by atoms with Crippen LogP contribution in [0.25, 0.3) is 0 Å². The molecule has 1 saturated heterocycles. The zero-order chi connectivity index (χ0) is 11.0. The quantitative estimate of drug-likeness (QED) is 0.686. The van der Waals surface area contributed by atoms with Gasteiger partial charge in [0.2, 0.25) is 5.91 Å². The molecule has 2 rings (SSSR count). The van der Waals surface area contributed by atoms with Crippen molar-refractivity contribution in [3.63, 3.8) is 0 Å². The van der Waals surface area contributed by atoms with Crippen molar-refractivity contribution in [3.8, 4) is 0 Å². The van der Waals surface area contributed by atoms with Gasteiger partial charge in [-0.15, -0.1) is 0 Å².